The molecule has 0 aromatic rings. The normalized spacial score (nSPS) is 13.1. The van der Waals surface area contributed by atoms with Crippen LogP contribution in [-0.2, 0) is 0 Å². The van der Waals surface area contributed by atoms with Gasteiger partial charge in [-0.05, 0) is 12.5 Å². The van der Waals surface area contributed by atoms with Crippen LogP contribution in [0.2, 0.25) is 6.04 Å². The molecule has 1 atom stereocenters. The molecule has 1 unspecified atom stereocenters. The van der Waals surface area contributed by atoms with Crippen LogP contribution in [0.5, 0.6) is 0 Å². The summed E-state index contributed by atoms with van der Waals surface area (Å²) in [6.07, 6.45) is 17.7. The molecule has 20 heavy (non-hydrogen) atoms. The maximum atomic E-state index is 6.18. The Balaban J connectivity index is 3.06. The minimum absolute atomic E-state index is 0.213. The molecule has 0 saturated carbocycles. The Hall–Kier alpha value is 1.09. The minimum Gasteiger partial charge on any atom is -0.150 e. The summed E-state index contributed by atoms with van der Waals surface area (Å²) in [6.45, 7) is 2.28. The molecule has 0 fully saturated rings. The van der Waals surface area contributed by atoms with Crippen LogP contribution in [0.15, 0.2) is 0 Å². The van der Waals surface area contributed by atoms with E-state index >= 15 is 0 Å². The molecule has 0 radical (unpaired) electrons. The monoisotopic (exact) mass is 358 g/mol. The first-order valence-electron chi connectivity index (χ1n) is 8.59. The average molecular weight is 360 g/mol. The third-order valence-electron chi connectivity index (χ3n) is 3.80. The van der Waals surface area contributed by atoms with Crippen molar-refractivity contribution in [1.82, 2.24) is 0 Å². The summed E-state index contributed by atoms with van der Waals surface area (Å²) in [5.74, 6) is 0. The average Bonchev–Trinajstić information content (AvgIpc) is 2.39. The summed E-state index contributed by atoms with van der Waals surface area (Å²) in [5.41, 5.74) is 0. The molecule has 0 aromatic carbocycles. The van der Waals surface area contributed by atoms with Gasteiger partial charge in [-0.1, -0.05) is 84.0 Å². The van der Waals surface area contributed by atoms with Crippen molar-refractivity contribution >= 4 is 41.2 Å². The quantitative estimate of drug-likeness (QED) is 0.124. The highest BCUT2D eigenvalue weighted by atomic mass is 35.7. The van der Waals surface area contributed by atoms with E-state index in [-0.39, 0.29) is 5.38 Å². The Morgan fingerprint density at radius 2 is 1.10 bits per heavy atom. The van der Waals surface area contributed by atoms with Crippen molar-refractivity contribution in [2.24, 2.45) is 0 Å². The maximum absolute atomic E-state index is 6.18. The molecule has 0 bridgehead atoms. The Bertz CT molecular complexity index is 189. The molecular formula is C16H33Cl3Si. The summed E-state index contributed by atoms with van der Waals surface area (Å²) < 4.78 is 0. The van der Waals surface area contributed by atoms with Crippen molar-refractivity contribution in [3.8, 4) is 0 Å². The molecule has 0 aliphatic rings. The predicted octanol–water partition coefficient (Wildman–Crippen LogP) is 7.38. The first-order chi connectivity index (χ1) is 9.66. The number of hydrogen-bond donors (Lipinski definition) is 0. The van der Waals surface area contributed by atoms with Gasteiger partial charge in [-0.3, -0.25) is 0 Å². The third-order valence-corrected chi connectivity index (χ3v) is 6.49. The lowest BCUT2D eigenvalue weighted by Gasteiger charge is -2.08. The van der Waals surface area contributed by atoms with Gasteiger partial charge in [0.1, 0.15) is 0 Å². The predicted molar refractivity (Wildman–Crippen MR) is 99.0 cm³/mol. The Morgan fingerprint density at radius 3 is 1.50 bits per heavy atom. The Labute approximate surface area is 143 Å². The second kappa shape index (κ2) is 16.5. The Kier molecular flexibility index (Phi) is 17.4. The van der Waals surface area contributed by atoms with Crippen molar-refractivity contribution < 1.29 is 0 Å². The van der Waals surface area contributed by atoms with E-state index in [2.05, 4.69) is 6.92 Å². The minimum atomic E-state index is -1.50. The van der Waals surface area contributed by atoms with Crippen LogP contribution in [0.3, 0.4) is 0 Å². The number of halogens is 3. The molecule has 0 N–H and O–H groups in total. The summed E-state index contributed by atoms with van der Waals surface area (Å²) in [7, 11) is -1.50. The molecule has 0 heterocycles. The molecule has 0 aliphatic carbocycles. The number of unbranched alkanes of at least 4 members (excludes halogenated alkanes) is 11. The maximum Gasteiger partial charge on any atom is 0.238 e. The number of hydrogen-bond acceptors (Lipinski definition) is 0. The number of rotatable bonds is 15. The Morgan fingerprint density at radius 1 is 0.700 bits per heavy atom. The van der Waals surface area contributed by atoms with Crippen molar-refractivity contribution in [2.45, 2.75) is 102 Å². The third kappa shape index (κ3) is 17.1. The summed E-state index contributed by atoms with van der Waals surface area (Å²) in [4.78, 5) is 0. The van der Waals surface area contributed by atoms with Crippen molar-refractivity contribution in [2.75, 3.05) is 0 Å². The van der Waals surface area contributed by atoms with E-state index in [1.54, 1.807) is 0 Å². The zero-order valence-corrected chi connectivity index (χ0v) is 16.6. The highest BCUT2D eigenvalue weighted by Crippen LogP contribution is 2.19. The van der Waals surface area contributed by atoms with Crippen molar-refractivity contribution in [3.63, 3.8) is 0 Å². The fourth-order valence-electron chi connectivity index (χ4n) is 2.52. The van der Waals surface area contributed by atoms with Crippen LogP contribution in [0, 0.1) is 0 Å². The molecule has 0 amide bonds. The zero-order chi connectivity index (χ0) is 15.1. The van der Waals surface area contributed by atoms with Gasteiger partial charge in [0.05, 0.1) is 0 Å². The molecule has 0 rings (SSSR count). The van der Waals surface area contributed by atoms with E-state index in [1.165, 1.54) is 77.0 Å². The van der Waals surface area contributed by atoms with Gasteiger partial charge in [0.2, 0.25) is 7.42 Å². The molecule has 0 spiro atoms. The first-order valence-corrected chi connectivity index (χ1v) is 13.3. The van der Waals surface area contributed by atoms with E-state index in [4.69, 9.17) is 33.8 Å². The fraction of sp³-hybridized carbons (Fsp3) is 1.00. The zero-order valence-electron chi connectivity index (χ0n) is 13.2. The van der Waals surface area contributed by atoms with Gasteiger partial charge in [-0.25, -0.2) is 0 Å². The lowest BCUT2D eigenvalue weighted by molar-refractivity contribution is 0.539. The van der Waals surface area contributed by atoms with Crippen LogP contribution in [0.1, 0.15) is 90.4 Å². The number of alkyl halides is 1. The lowest BCUT2D eigenvalue weighted by Crippen LogP contribution is -2.05. The smallest absolute Gasteiger partial charge is 0.150 e. The highest BCUT2D eigenvalue weighted by molar-refractivity contribution is 7.33. The van der Waals surface area contributed by atoms with Crippen LogP contribution in [0.4, 0.5) is 0 Å². The van der Waals surface area contributed by atoms with E-state index in [0.29, 0.717) is 0 Å². The second-order valence-corrected chi connectivity index (χ2v) is 11.6. The van der Waals surface area contributed by atoms with Crippen LogP contribution < -0.4 is 0 Å². The van der Waals surface area contributed by atoms with Crippen molar-refractivity contribution in [3.05, 3.63) is 0 Å². The van der Waals surface area contributed by atoms with E-state index in [9.17, 15) is 0 Å². The highest BCUT2D eigenvalue weighted by Gasteiger charge is 2.10. The molecular weight excluding hydrogens is 327 g/mol. The molecule has 122 valence electrons. The van der Waals surface area contributed by atoms with Gasteiger partial charge < -0.3 is 0 Å². The second-order valence-electron chi connectivity index (χ2n) is 5.90. The van der Waals surface area contributed by atoms with Gasteiger partial charge in [-0.15, -0.1) is 11.6 Å². The van der Waals surface area contributed by atoms with E-state index < -0.39 is 7.42 Å². The largest absolute Gasteiger partial charge is 0.238 e. The fourth-order valence-corrected chi connectivity index (χ4v) is 5.67. The SMILES string of the molecule is CCCCCCCCCCCCCCC(Cl)C[SiH](Cl)Cl. The summed E-state index contributed by atoms with van der Waals surface area (Å²) in [5, 5.41) is 0.213. The van der Waals surface area contributed by atoms with Gasteiger partial charge in [0.25, 0.3) is 0 Å². The van der Waals surface area contributed by atoms with Crippen LogP contribution in [-0.4, -0.2) is 12.8 Å². The van der Waals surface area contributed by atoms with Crippen molar-refractivity contribution in [1.29, 1.82) is 0 Å². The van der Waals surface area contributed by atoms with Gasteiger partial charge in [0.15, 0.2) is 0 Å². The molecule has 4 heteroatoms. The molecule has 0 saturated heterocycles. The molecule has 0 nitrogen and oxygen atoms in total. The van der Waals surface area contributed by atoms with Crippen LogP contribution in [0.25, 0.3) is 0 Å². The summed E-state index contributed by atoms with van der Waals surface area (Å²) in [6, 6.07) is 0.850. The van der Waals surface area contributed by atoms with E-state index in [1.807, 2.05) is 0 Å². The summed E-state index contributed by atoms with van der Waals surface area (Å²) >= 11 is 17.9. The lowest BCUT2D eigenvalue weighted by atomic mass is 10.0. The van der Waals surface area contributed by atoms with Crippen LogP contribution >= 0.6 is 33.8 Å². The molecule has 0 aliphatic heterocycles. The van der Waals surface area contributed by atoms with Gasteiger partial charge in [0, 0.05) is 5.38 Å². The van der Waals surface area contributed by atoms with Gasteiger partial charge >= 0.3 is 0 Å². The van der Waals surface area contributed by atoms with Gasteiger partial charge in [-0.2, -0.15) is 22.2 Å². The molecule has 0 aromatic heterocycles. The first kappa shape index (κ1) is 21.1. The topological polar surface area (TPSA) is 0 Å². The standard InChI is InChI=1S/C16H33Cl3Si/c1-2-3-4-5-6-7-8-9-10-11-12-13-14-16(17)15-20(18)19/h16,20H,2-15H2,1H3. The van der Waals surface area contributed by atoms with E-state index in [0.717, 1.165) is 12.5 Å².